The highest BCUT2D eigenvalue weighted by Gasteiger charge is 2.12. The molecule has 0 N–H and O–H groups in total. The molecule has 0 heterocycles. The van der Waals surface area contributed by atoms with Crippen LogP contribution in [0.1, 0.15) is 5.56 Å². The Morgan fingerprint density at radius 2 is 2.33 bits per heavy atom. The average Bonchev–Trinajstić information content (AvgIpc) is 2.27. The number of nitrogens with zero attached hydrogens (tertiary/aromatic N) is 1. The molecule has 0 aliphatic heterocycles. The van der Waals surface area contributed by atoms with Gasteiger partial charge in [0.15, 0.2) is 0 Å². The number of benzene rings is 1. The topological polar surface area (TPSA) is 52.4 Å². The first-order chi connectivity index (χ1) is 7.10. The molecule has 0 fully saturated rings. The molecule has 0 aliphatic carbocycles. The van der Waals surface area contributed by atoms with Crippen LogP contribution in [0.3, 0.4) is 0 Å². The molecule has 5 heteroatoms. The van der Waals surface area contributed by atoms with Crippen LogP contribution in [0.15, 0.2) is 24.8 Å². The van der Waals surface area contributed by atoms with Crippen molar-refractivity contribution in [2.45, 2.75) is 0 Å². The summed E-state index contributed by atoms with van der Waals surface area (Å²) in [6.07, 6.45) is 0. The van der Waals surface area contributed by atoms with Crippen molar-refractivity contribution in [2.75, 3.05) is 13.0 Å². The monoisotopic (exact) mass is 227 g/mol. The van der Waals surface area contributed by atoms with Gasteiger partial charge in [0.05, 0.1) is 18.1 Å². The van der Waals surface area contributed by atoms with E-state index in [0.29, 0.717) is 16.9 Å². The van der Waals surface area contributed by atoms with E-state index in [2.05, 4.69) is 6.58 Å². The smallest absolute Gasteiger partial charge is 0.273 e. The second-order valence-electron chi connectivity index (χ2n) is 2.88. The zero-order valence-corrected chi connectivity index (χ0v) is 8.95. The second-order valence-corrected chi connectivity index (χ2v) is 3.15. The van der Waals surface area contributed by atoms with Crippen molar-refractivity contribution in [3.8, 4) is 5.75 Å². The molecule has 0 saturated heterocycles. The summed E-state index contributed by atoms with van der Waals surface area (Å²) >= 11 is 5.63. The van der Waals surface area contributed by atoms with E-state index in [0.717, 1.165) is 0 Å². The molecule has 0 bridgehead atoms. The van der Waals surface area contributed by atoms with Crippen molar-refractivity contribution in [3.63, 3.8) is 0 Å². The molecule has 0 aliphatic rings. The highest BCUT2D eigenvalue weighted by molar-refractivity contribution is 6.23. The van der Waals surface area contributed by atoms with Crippen molar-refractivity contribution in [1.29, 1.82) is 0 Å². The van der Waals surface area contributed by atoms with Gasteiger partial charge in [0, 0.05) is 17.5 Å². The van der Waals surface area contributed by atoms with Gasteiger partial charge in [0.2, 0.25) is 0 Å². The van der Waals surface area contributed by atoms with Crippen LogP contribution < -0.4 is 4.74 Å². The molecule has 0 saturated carbocycles. The number of rotatable bonds is 4. The van der Waals surface area contributed by atoms with Gasteiger partial charge in [-0.15, -0.1) is 11.6 Å². The van der Waals surface area contributed by atoms with Gasteiger partial charge >= 0.3 is 0 Å². The number of non-ortho nitro benzene ring substituents is 1. The highest BCUT2D eigenvalue weighted by atomic mass is 35.5. The Bertz CT molecular complexity index is 404. The van der Waals surface area contributed by atoms with Gasteiger partial charge in [-0.2, -0.15) is 0 Å². The van der Waals surface area contributed by atoms with E-state index in [9.17, 15) is 10.1 Å². The summed E-state index contributed by atoms with van der Waals surface area (Å²) in [5.74, 6) is 0.670. The molecule has 1 aromatic rings. The van der Waals surface area contributed by atoms with Gasteiger partial charge in [0.1, 0.15) is 5.75 Å². The number of hydrogen-bond acceptors (Lipinski definition) is 3. The van der Waals surface area contributed by atoms with Crippen LogP contribution in [-0.2, 0) is 0 Å². The summed E-state index contributed by atoms with van der Waals surface area (Å²) in [5.41, 5.74) is 1.35. The summed E-state index contributed by atoms with van der Waals surface area (Å²) < 4.78 is 5.04. The Hall–Kier alpha value is -1.55. The van der Waals surface area contributed by atoms with E-state index in [1.54, 1.807) is 6.07 Å². The molecule has 0 atom stereocenters. The molecule has 0 radical (unpaired) electrons. The van der Waals surface area contributed by atoms with Gasteiger partial charge in [-0.1, -0.05) is 6.58 Å². The highest BCUT2D eigenvalue weighted by Crippen LogP contribution is 2.29. The fourth-order valence-corrected chi connectivity index (χ4v) is 1.30. The van der Waals surface area contributed by atoms with Crippen LogP contribution in [0, 0.1) is 10.1 Å². The van der Waals surface area contributed by atoms with Crippen molar-refractivity contribution >= 4 is 22.9 Å². The lowest BCUT2D eigenvalue weighted by molar-refractivity contribution is -0.384. The minimum atomic E-state index is -0.476. The fraction of sp³-hybridized carbons (Fsp3) is 0.200. The number of methoxy groups -OCH3 is 1. The first-order valence-electron chi connectivity index (χ1n) is 4.16. The minimum absolute atomic E-state index is 0.0158. The Labute approximate surface area is 92.3 Å². The van der Waals surface area contributed by atoms with Gasteiger partial charge < -0.3 is 4.74 Å². The maximum Gasteiger partial charge on any atom is 0.273 e. The van der Waals surface area contributed by atoms with Crippen molar-refractivity contribution in [2.24, 2.45) is 0 Å². The van der Waals surface area contributed by atoms with Gasteiger partial charge in [-0.3, -0.25) is 10.1 Å². The van der Waals surface area contributed by atoms with Crippen LogP contribution in [0.2, 0.25) is 0 Å². The number of allylic oxidation sites excluding steroid dienone is 1. The summed E-state index contributed by atoms with van der Waals surface area (Å²) in [7, 11) is 1.45. The van der Waals surface area contributed by atoms with E-state index >= 15 is 0 Å². The van der Waals surface area contributed by atoms with Crippen LogP contribution >= 0.6 is 11.6 Å². The molecule has 0 amide bonds. The Morgan fingerprint density at radius 3 is 2.80 bits per heavy atom. The van der Waals surface area contributed by atoms with Crippen LogP contribution in [0.5, 0.6) is 5.75 Å². The third-order valence-corrected chi connectivity index (χ3v) is 2.26. The zero-order valence-electron chi connectivity index (χ0n) is 8.20. The molecule has 1 aromatic carbocycles. The standard InChI is InChI=1S/C10H10ClNO3/c1-7(6-11)9-4-3-8(12(13)14)5-10(9)15-2/h3-5H,1,6H2,2H3. The number of ether oxygens (including phenoxy) is 1. The number of nitro benzene ring substituents is 1. The maximum absolute atomic E-state index is 10.5. The first kappa shape index (κ1) is 11.5. The quantitative estimate of drug-likeness (QED) is 0.452. The van der Waals surface area contributed by atoms with Crippen LogP contribution in [0.25, 0.3) is 5.57 Å². The Kier molecular flexibility index (Phi) is 3.68. The Morgan fingerprint density at radius 1 is 1.67 bits per heavy atom. The molecule has 1 rings (SSSR count). The van der Waals surface area contributed by atoms with Crippen LogP contribution in [0.4, 0.5) is 5.69 Å². The lowest BCUT2D eigenvalue weighted by Crippen LogP contribution is -1.95. The van der Waals surface area contributed by atoms with Crippen molar-refractivity contribution < 1.29 is 9.66 Å². The predicted octanol–water partition coefficient (Wildman–Crippen LogP) is 2.86. The van der Waals surface area contributed by atoms with Gasteiger partial charge in [-0.05, 0) is 11.6 Å². The lowest BCUT2D eigenvalue weighted by atomic mass is 10.1. The summed E-state index contributed by atoms with van der Waals surface area (Å²) in [6.45, 7) is 3.74. The molecular formula is C10H10ClNO3. The van der Waals surface area contributed by atoms with E-state index in [4.69, 9.17) is 16.3 Å². The van der Waals surface area contributed by atoms with Crippen molar-refractivity contribution in [3.05, 3.63) is 40.5 Å². The molecule has 0 unspecified atom stereocenters. The van der Waals surface area contributed by atoms with E-state index < -0.39 is 4.92 Å². The SMILES string of the molecule is C=C(CCl)c1ccc([N+](=O)[O-])cc1OC. The van der Waals surface area contributed by atoms with Gasteiger partial charge in [-0.25, -0.2) is 0 Å². The zero-order chi connectivity index (χ0) is 11.4. The largest absolute Gasteiger partial charge is 0.496 e. The third-order valence-electron chi connectivity index (χ3n) is 1.94. The number of hydrogen-bond donors (Lipinski definition) is 0. The second kappa shape index (κ2) is 4.79. The average molecular weight is 228 g/mol. The third kappa shape index (κ3) is 2.47. The predicted molar refractivity (Wildman–Crippen MR) is 59.4 cm³/mol. The van der Waals surface area contributed by atoms with E-state index in [-0.39, 0.29) is 11.6 Å². The normalized spacial score (nSPS) is 9.73. The number of nitro groups is 1. The van der Waals surface area contributed by atoms with Crippen LogP contribution in [-0.4, -0.2) is 17.9 Å². The lowest BCUT2D eigenvalue weighted by Gasteiger charge is -2.08. The molecule has 15 heavy (non-hydrogen) atoms. The molecular weight excluding hydrogens is 218 g/mol. The molecule has 4 nitrogen and oxygen atoms in total. The molecule has 0 spiro atoms. The van der Waals surface area contributed by atoms with E-state index in [1.807, 2.05) is 0 Å². The minimum Gasteiger partial charge on any atom is -0.496 e. The van der Waals surface area contributed by atoms with Crippen molar-refractivity contribution in [1.82, 2.24) is 0 Å². The summed E-state index contributed by atoms with van der Waals surface area (Å²) in [4.78, 5) is 10.0. The van der Waals surface area contributed by atoms with Gasteiger partial charge in [0.25, 0.3) is 5.69 Å². The maximum atomic E-state index is 10.5. The first-order valence-corrected chi connectivity index (χ1v) is 4.70. The summed E-state index contributed by atoms with van der Waals surface area (Å²) in [5, 5.41) is 10.5. The molecule has 0 aromatic heterocycles. The number of halogens is 1. The summed E-state index contributed by atoms with van der Waals surface area (Å²) in [6, 6.07) is 4.34. The van der Waals surface area contributed by atoms with E-state index in [1.165, 1.54) is 19.2 Å². The number of alkyl halides is 1. The fourth-order valence-electron chi connectivity index (χ4n) is 1.16. The molecule has 80 valence electrons. The Balaban J connectivity index is 3.20.